The van der Waals surface area contributed by atoms with Crippen LogP contribution in [-0.4, -0.2) is 34.7 Å². The molecule has 1 amide bonds. The van der Waals surface area contributed by atoms with Crippen molar-refractivity contribution in [1.82, 2.24) is 0 Å². The monoisotopic (exact) mass is 236 g/mol. The maximum absolute atomic E-state index is 11.7. The molecule has 0 aromatic heterocycles. The number of carbonyl (C=O) groups is 1. The molecule has 2 rings (SSSR count). The summed E-state index contributed by atoms with van der Waals surface area (Å²) in [5.74, 6) is -2.76. The molecule has 0 bridgehead atoms. The molecule has 6 nitrogen and oxygen atoms in total. The Morgan fingerprint density at radius 2 is 1.88 bits per heavy atom. The highest BCUT2D eigenvalue weighted by Crippen LogP contribution is 2.26. The first-order valence-corrected chi connectivity index (χ1v) is 4.96. The van der Waals surface area contributed by atoms with E-state index in [0.717, 1.165) is 5.01 Å². The molecule has 0 atom stereocenters. The summed E-state index contributed by atoms with van der Waals surface area (Å²) >= 11 is 0. The third kappa shape index (κ3) is 1.77. The van der Waals surface area contributed by atoms with Crippen LogP contribution in [0.15, 0.2) is 29.4 Å². The zero-order chi connectivity index (χ0) is 12.6. The summed E-state index contributed by atoms with van der Waals surface area (Å²) in [6, 6.07) is 6.52. The fourth-order valence-electron chi connectivity index (χ4n) is 1.47. The minimum Gasteiger partial charge on any atom is -0.497 e. The Morgan fingerprint density at radius 3 is 2.29 bits per heavy atom. The van der Waals surface area contributed by atoms with E-state index in [0.29, 0.717) is 11.4 Å². The van der Waals surface area contributed by atoms with Gasteiger partial charge >= 0.3 is 5.91 Å². The fraction of sp³-hybridized carbons (Fsp3) is 0.273. The lowest BCUT2D eigenvalue weighted by molar-refractivity contribution is -0.156. The summed E-state index contributed by atoms with van der Waals surface area (Å²) < 4.78 is 4.98. The molecule has 0 radical (unpaired) electrons. The summed E-state index contributed by atoms with van der Waals surface area (Å²) in [5.41, 5.74) is 0.387. The standard InChI is InChI=1S/C11H12N2O4/c1-7-11(15,16)10(14)13(12-7)8-3-5-9(17-2)6-4-8/h3-6,15-16H,1-2H3. The van der Waals surface area contributed by atoms with E-state index in [4.69, 9.17) is 4.74 Å². The minimum absolute atomic E-state index is 0.0571. The summed E-state index contributed by atoms with van der Waals surface area (Å²) in [4.78, 5) is 11.7. The lowest BCUT2D eigenvalue weighted by Crippen LogP contribution is -2.45. The van der Waals surface area contributed by atoms with Crippen LogP contribution in [0.3, 0.4) is 0 Å². The topological polar surface area (TPSA) is 82.4 Å². The molecule has 90 valence electrons. The molecule has 1 aromatic carbocycles. The van der Waals surface area contributed by atoms with Gasteiger partial charge in [0.2, 0.25) is 0 Å². The molecule has 2 N–H and O–H groups in total. The van der Waals surface area contributed by atoms with Crippen molar-refractivity contribution in [3.63, 3.8) is 0 Å². The number of ether oxygens (including phenoxy) is 1. The van der Waals surface area contributed by atoms with Crippen molar-refractivity contribution >= 4 is 17.3 Å². The third-order valence-electron chi connectivity index (χ3n) is 2.56. The van der Waals surface area contributed by atoms with E-state index < -0.39 is 11.7 Å². The zero-order valence-electron chi connectivity index (χ0n) is 9.41. The molecule has 1 aliphatic heterocycles. The maximum Gasteiger partial charge on any atom is 0.313 e. The van der Waals surface area contributed by atoms with Gasteiger partial charge in [-0.1, -0.05) is 0 Å². The Bertz CT molecular complexity index is 479. The van der Waals surface area contributed by atoms with Crippen LogP contribution < -0.4 is 9.75 Å². The predicted molar refractivity (Wildman–Crippen MR) is 60.8 cm³/mol. The maximum atomic E-state index is 11.7. The van der Waals surface area contributed by atoms with Crippen LogP contribution in [0.5, 0.6) is 5.75 Å². The SMILES string of the molecule is COc1ccc(N2N=C(C)C(O)(O)C2=O)cc1. The van der Waals surface area contributed by atoms with E-state index in [2.05, 4.69) is 5.10 Å². The van der Waals surface area contributed by atoms with E-state index in [1.54, 1.807) is 24.3 Å². The summed E-state index contributed by atoms with van der Waals surface area (Å²) in [6.07, 6.45) is 0. The number of amides is 1. The van der Waals surface area contributed by atoms with Gasteiger partial charge in [-0.15, -0.1) is 0 Å². The highest BCUT2D eigenvalue weighted by atomic mass is 16.5. The Labute approximate surface area is 97.7 Å². The first kappa shape index (κ1) is 11.6. The van der Waals surface area contributed by atoms with Crippen LogP contribution in [-0.2, 0) is 4.79 Å². The number of anilines is 1. The van der Waals surface area contributed by atoms with Crippen molar-refractivity contribution in [2.45, 2.75) is 12.7 Å². The highest BCUT2D eigenvalue weighted by molar-refractivity contribution is 6.19. The van der Waals surface area contributed by atoms with Gasteiger partial charge in [0.15, 0.2) is 0 Å². The molecule has 0 saturated heterocycles. The number of hydrogen-bond donors (Lipinski definition) is 2. The number of methoxy groups -OCH3 is 1. The van der Waals surface area contributed by atoms with Crippen molar-refractivity contribution in [2.75, 3.05) is 12.1 Å². The van der Waals surface area contributed by atoms with Crippen LogP contribution >= 0.6 is 0 Å². The molecule has 1 heterocycles. The van der Waals surface area contributed by atoms with Crippen LogP contribution in [0, 0.1) is 0 Å². The van der Waals surface area contributed by atoms with Gasteiger partial charge in [-0.3, -0.25) is 4.79 Å². The van der Waals surface area contributed by atoms with Gasteiger partial charge in [0.05, 0.1) is 12.8 Å². The number of carbonyl (C=O) groups excluding carboxylic acids is 1. The number of nitrogens with zero attached hydrogens (tertiary/aromatic N) is 2. The summed E-state index contributed by atoms with van der Waals surface area (Å²) in [6.45, 7) is 1.38. The molecule has 0 unspecified atom stereocenters. The molecule has 0 saturated carbocycles. The van der Waals surface area contributed by atoms with Gasteiger partial charge in [0.1, 0.15) is 11.5 Å². The van der Waals surface area contributed by atoms with E-state index in [1.165, 1.54) is 14.0 Å². The second kappa shape index (κ2) is 3.83. The van der Waals surface area contributed by atoms with Crippen LogP contribution in [0.25, 0.3) is 0 Å². The van der Waals surface area contributed by atoms with Crippen molar-refractivity contribution in [3.8, 4) is 5.75 Å². The molecule has 0 fully saturated rings. The number of benzene rings is 1. The average Bonchev–Trinajstić information content (AvgIpc) is 2.53. The molecule has 0 aliphatic carbocycles. The van der Waals surface area contributed by atoms with Crippen LogP contribution in [0.1, 0.15) is 6.92 Å². The van der Waals surface area contributed by atoms with E-state index >= 15 is 0 Å². The highest BCUT2D eigenvalue weighted by Gasteiger charge is 2.46. The fourth-order valence-corrected chi connectivity index (χ4v) is 1.47. The Morgan fingerprint density at radius 1 is 1.29 bits per heavy atom. The lowest BCUT2D eigenvalue weighted by Gasteiger charge is -2.16. The second-order valence-corrected chi connectivity index (χ2v) is 3.67. The largest absolute Gasteiger partial charge is 0.497 e. The molecule has 17 heavy (non-hydrogen) atoms. The number of hydrazone groups is 1. The van der Waals surface area contributed by atoms with Gasteiger partial charge in [0.25, 0.3) is 5.79 Å². The van der Waals surface area contributed by atoms with E-state index in [-0.39, 0.29) is 5.71 Å². The number of rotatable bonds is 2. The Kier molecular flexibility index (Phi) is 2.60. The van der Waals surface area contributed by atoms with Gasteiger partial charge < -0.3 is 14.9 Å². The van der Waals surface area contributed by atoms with Gasteiger partial charge in [-0.25, -0.2) is 0 Å². The Hall–Kier alpha value is -1.92. The molecule has 6 heteroatoms. The van der Waals surface area contributed by atoms with E-state index in [1.807, 2.05) is 0 Å². The Balaban J connectivity index is 2.33. The minimum atomic E-state index is -2.51. The van der Waals surface area contributed by atoms with Crippen molar-refractivity contribution in [3.05, 3.63) is 24.3 Å². The van der Waals surface area contributed by atoms with E-state index in [9.17, 15) is 15.0 Å². The average molecular weight is 236 g/mol. The van der Waals surface area contributed by atoms with Crippen molar-refractivity contribution < 1.29 is 19.7 Å². The molecular weight excluding hydrogens is 224 g/mol. The van der Waals surface area contributed by atoms with Gasteiger partial charge in [0, 0.05) is 0 Å². The van der Waals surface area contributed by atoms with Crippen molar-refractivity contribution in [1.29, 1.82) is 0 Å². The molecule has 1 aromatic rings. The van der Waals surface area contributed by atoms with Crippen LogP contribution in [0.4, 0.5) is 5.69 Å². The zero-order valence-corrected chi connectivity index (χ0v) is 9.41. The number of aliphatic hydroxyl groups is 2. The van der Waals surface area contributed by atoms with Gasteiger partial charge in [-0.2, -0.15) is 10.1 Å². The first-order valence-electron chi connectivity index (χ1n) is 4.96. The number of hydrogen-bond acceptors (Lipinski definition) is 5. The predicted octanol–water partition coefficient (Wildman–Crippen LogP) is 0.0986. The third-order valence-corrected chi connectivity index (χ3v) is 2.56. The first-order chi connectivity index (χ1) is 7.96. The summed E-state index contributed by atoms with van der Waals surface area (Å²) in [7, 11) is 1.53. The second-order valence-electron chi connectivity index (χ2n) is 3.67. The summed E-state index contributed by atoms with van der Waals surface area (Å²) in [5, 5.41) is 23.7. The quantitative estimate of drug-likeness (QED) is 0.713. The normalized spacial score (nSPS) is 18.2. The molecule has 0 spiro atoms. The van der Waals surface area contributed by atoms with Crippen LogP contribution in [0.2, 0.25) is 0 Å². The lowest BCUT2D eigenvalue weighted by atomic mass is 10.2. The van der Waals surface area contributed by atoms with Gasteiger partial charge in [-0.05, 0) is 31.2 Å². The molecule has 1 aliphatic rings. The smallest absolute Gasteiger partial charge is 0.313 e. The molecular formula is C11H12N2O4. The van der Waals surface area contributed by atoms with Crippen molar-refractivity contribution in [2.24, 2.45) is 5.10 Å².